The molecule has 0 radical (unpaired) electrons. The standard InChI is InChI=1S/C49H32N2O/c1-3-11-33(12-4-1)38-17-9-19-40(30-38)51(42-24-27-44-45-25-22-36-18-10-28-50-48(36)49(45)52-47(44)32-42)41-23-26-43(35-14-5-2-6-15-35)46(31-41)39-21-20-34-13-7-8-16-37(34)29-39/h1-32H. The van der Waals surface area contributed by atoms with E-state index < -0.39 is 0 Å². The first-order valence-electron chi connectivity index (χ1n) is 17.6. The molecule has 2 aromatic heterocycles. The van der Waals surface area contributed by atoms with Gasteiger partial charge in [0.2, 0.25) is 0 Å². The normalized spacial score (nSPS) is 11.5. The van der Waals surface area contributed by atoms with Crippen LogP contribution in [0, 0.1) is 0 Å². The van der Waals surface area contributed by atoms with Crippen LogP contribution in [0.15, 0.2) is 199 Å². The monoisotopic (exact) mass is 664 g/mol. The zero-order chi connectivity index (χ0) is 34.4. The van der Waals surface area contributed by atoms with Crippen molar-refractivity contribution >= 4 is 60.7 Å². The molecule has 3 nitrogen and oxygen atoms in total. The molecular formula is C49H32N2O. The van der Waals surface area contributed by atoms with E-state index in [-0.39, 0.29) is 0 Å². The third-order valence-electron chi connectivity index (χ3n) is 10.1. The largest absolute Gasteiger partial charge is 0.454 e. The summed E-state index contributed by atoms with van der Waals surface area (Å²) in [5, 5.41) is 5.64. The van der Waals surface area contributed by atoms with Crippen molar-refractivity contribution in [3.05, 3.63) is 194 Å². The smallest absolute Gasteiger partial charge is 0.161 e. The second-order valence-electron chi connectivity index (χ2n) is 13.2. The maximum absolute atomic E-state index is 6.64. The van der Waals surface area contributed by atoms with Gasteiger partial charge < -0.3 is 9.32 Å². The number of rotatable bonds is 6. The maximum atomic E-state index is 6.64. The molecule has 0 aliphatic carbocycles. The quantitative estimate of drug-likeness (QED) is 0.177. The number of hydrogen-bond donors (Lipinski definition) is 0. The number of anilines is 3. The molecule has 3 heteroatoms. The van der Waals surface area contributed by atoms with Crippen molar-refractivity contribution < 1.29 is 4.42 Å². The van der Waals surface area contributed by atoms with Gasteiger partial charge in [0, 0.05) is 45.5 Å². The number of nitrogens with zero attached hydrogens (tertiary/aromatic N) is 2. The van der Waals surface area contributed by atoms with Gasteiger partial charge in [-0.3, -0.25) is 4.98 Å². The fourth-order valence-electron chi connectivity index (χ4n) is 7.54. The van der Waals surface area contributed by atoms with E-state index in [0.29, 0.717) is 0 Å². The van der Waals surface area contributed by atoms with Crippen molar-refractivity contribution in [3.8, 4) is 33.4 Å². The van der Waals surface area contributed by atoms with Gasteiger partial charge in [-0.2, -0.15) is 0 Å². The molecule has 0 N–H and O–H groups in total. The van der Waals surface area contributed by atoms with Crippen molar-refractivity contribution in [1.29, 1.82) is 0 Å². The molecule has 0 amide bonds. The van der Waals surface area contributed by atoms with Crippen LogP contribution in [-0.2, 0) is 0 Å². The van der Waals surface area contributed by atoms with Crippen LogP contribution in [0.1, 0.15) is 0 Å². The van der Waals surface area contributed by atoms with Gasteiger partial charge in [-0.1, -0.05) is 127 Å². The molecule has 8 aromatic carbocycles. The Balaban J connectivity index is 1.20. The summed E-state index contributed by atoms with van der Waals surface area (Å²) < 4.78 is 6.64. The van der Waals surface area contributed by atoms with Gasteiger partial charge >= 0.3 is 0 Å². The van der Waals surface area contributed by atoms with E-state index in [9.17, 15) is 0 Å². The first kappa shape index (κ1) is 29.9. The van der Waals surface area contributed by atoms with E-state index in [2.05, 4.69) is 192 Å². The number of benzene rings is 8. The third-order valence-corrected chi connectivity index (χ3v) is 10.1. The van der Waals surface area contributed by atoms with Gasteiger partial charge in [0.15, 0.2) is 5.58 Å². The predicted molar refractivity (Wildman–Crippen MR) is 218 cm³/mol. The molecular weight excluding hydrogens is 633 g/mol. The summed E-state index contributed by atoms with van der Waals surface area (Å²) in [4.78, 5) is 7.02. The summed E-state index contributed by atoms with van der Waals surface area (Å²) in [6, 6.07) is 67.0. The van der Waals surface area contributed by atoms with Gasteiger partial charge in [0.25, 0.3) is 0 Å². The van der Waals surface area contributed by atoms with E-state index >= 15 is 0 Å². The van der Waals surface area contributed by atoms with Crippen LogP contribution < -0.4 is 4.90 Å². The van der Waals surface area contributed by atoms with Crippen molar-refractivity contribution in [2.45, 2.75) is 0 Å². The Kier molecular flexibility index (Phi) is 7.14. The molecule has 0 saturated heterocycles. The van der Waals surface area contributed by atoms with Gasteiger partial charge in [-0.05, 0) is 98.8 Å². The minimum absolute atomic E-state index is 0.814. The zero-order valence-corrected chi connectivity index (χ0v) is 28.3. The SMILES string of the molecule is c1ccc(-c2cccc(N(c3ccc(-c4ccccc4)c(-c4ccc5ccccc5c4)c3)c3ccc4c(c3)oc3c4ccc4cccnc43)c2)cc1. The minimum atomic E-state index is 0.814. The summed E-state index contributed by atoms with van der Waals surface area (Å²) in [6.07, 6.45) is 1.83. The number of aromatic nitrogens is 1. The van der Waals surface area contributed by atoms with E-state index in [4.69, 9.17) is 4.42 Å². The highest BCUT2D eigenvalue weighted by Crippen LogP contribution is 2.44. The summed E-state index contributed by atoms with van der Waals surface area (Å²) in [6.45, 7) is 0. The van der Waals surface area contributed by atoms with Crippen LogP contribution in [0.25, 0.3) is 77.0 Å². The summed E-state index contributed by atoms with van der Waals surface area (Å²) >= 11 is 0. The summed E-state index contributed by atoms with van der Waals surface area (Å²) in [5.74, 6) is 0. The lowest BCUT2D eigenvalue weighted by molar-refractivity contribution is 0.671. The molecule has 0 aliphatic heterocycles. The van der Waals surface area contributed by atoms with Crippen molar-refractivity contribution in [2.75, 3.05) is 4.90 Å². The summed E-state index contributed by atoms with van der Waals surface area (Å²) in [5.41, 5.74) is 12.7. The van der Waals surface area contributed by atoms with Gasteiger partial charge in [0.05, 0.1) is 0 Å². The molecule has 10 aromatic rings. The highest BCUT2D eigenvalue weighted by molar-refractivity contribution is 6.14. The lowest BCUT2D eigenvalue weighted by atomic mass is 9.92. The van der Waals surface area contributed by atoms with E-state index in [0.717, 1.165) is 55.5 Å². The molecule has 0 fully saturated rings. The molecule has 0 aliphatic rings. The van der Waals surface area contributed by atoms with Crippen molar-refractivity contribution in [1.82, 2.24) is 4.98 Å². The zero-order valence-electron chi connectivity index (χ0n) is 28.3. The fourth-order valence-corrected chi connectivity index (χ4v) is 7.54. The molecule has 10 rings (SSSR count). The van der Waals surface area contributed by atoms with E-state index in [1.54, 1.807) is 0 Å². The van der Waals surface area contributed by atoms with Crippen molar-refractivity contribution in [3.63, 3.8) is 0 Å². The molecule has 0 unspecified atom stereocenters. The highest BCUT2D eigenvalue weighted by Gasteiger charge is 2.19. The van der Waals surface area contributed by atoms with E-state index in [1.165, 1.54) is 38.6 Å². The lowest BCUT2D eigenvalue weighted by Crippen LogP contribution is -2.10. The second kappa shape index (κ2) is 12.4. The number of hydrogen-bond acceptors (Lipinski definition) is 3. The number of furan rings is 1. The average Bonchev–Trinajstić information content (AvgIpc) is 3.60. The maximum Gasteiger partial charge on any atom is 0.161 e. The Morgan fingerprint density at radius 3 is 1.92 bits per heavy atom. The third kappa shape index (κ3) is 5.19. The Bertz CT molecular complexity index is 2910. The first-order valence-corrected chi connectivity index (χ1v) is 17.6. The van der Waals surface area contributed by atoms with Crippen LogP contribution in [-0.4, -0.2) is 4.98 Å². The van der Waals surface area contributed by atoms with Crippen LogP contribution >= 0.6 is 0 Å². The molecule has 0 atom stereocenters. The van der Waals surface area contributed by atoms with Crippen LogP contribution in [0.3, 0.4) is 0 Å². The topological polar surface area (TPSA) is 29.3 Å². The average molecular weight is 665 g/mol. The molecule has 0 bridgehead atoms. The van der Waals surface area contributed by atoms with Crippen LogP contribution in [0.5, 0.6) is 0 Å². The van der Waals surface area contributed by atoms with Gasteiger partial charge in [-0.15, -0.1) is 0 Å². The fraction of sp³-hybridized carbons (Fsp3) is 0. The van der Waals surface area contributed by atoms with Gasteiger partial charge in [-0.25, -0.2) is 0 Å². The highest BCUT2D eigenvalue weighted by atomic mass is 16.3. The van der Waals surface area contributed by atoms with Crippen molar-refractivity contribution in [2.24, 2.45) is 0 Å². The first-order chi connectivity index (χ1) is 25.8. The Morgan fingerprint density at radius 1 is 0.385 bits per heavy atom. The molecule has 52 heavy (non-hydrogen) atoms. The number of pyridine rings is 1. The molecule has 2 heterocycles. The van der Waals surface area contributed by atoms with Crippen LogP contribution in [0.4, 0.5) is 17.1 Å². The lowest BCUT2D eigenvalue weighted by Gasteiger charge is -2.27. The molecule has 244 valence electrons. The van der Waals surface area contributed by atoms with E-state index in [1.807, 2.05) is 12.3 Å². The molecule has 0 spiro atoms. The summed E-state index contributed by atoms with van der Waals surface area (Å²) in [7, 11) is 0. The second-order valence-corrected chi connectivity index (χ2v) is 13.2. The Labute approximate surface area is 301 Å². The molecule has 0 saturated carbocycles. The Hall–Kier alpha value is -6.97. The minimum Gasteiger partial charge on any atom is -0.454 e. The van der Waals surface area contributed by atoms with Gasteiger partial charge in [0.1, 0.15) is 11.1 Å². The van der Waals surface area contributed by atoms with Crippen LogP contribution in [0.2, 0.25) is 0 Å². The Morgan fingerprint density at radius 2 is 1.06 bits per heavy atom. The number of fused-ring (bicyclic) bond motifs is 6. The predicted octanol–water partition coefficient (Wildman–Crippen LogP) is 13.8.